The van der Waals surface area contributed by atoms with E-state index in [1.807, 2.05) is 24.7 Å². The van der Waals surface area contributed by atoms with Gasteiger partial charge in [-0.3, -0.25) is 4.68 Å². The first-order valence-electron chi connectivity index (χ1n) is 7.00. The minimum Gasteiger partial charge on any atom is -0.358 e. The molecule has 0 aliphatic rings. The zero-order valence-electron chi connectivity index (χ0n) is 12.9. The first kappa shape index (κ1) is 17.4. The molecule has 7 nitrogen and oxygen atoms in total. The first-order chi connectivity index (χ1) is 10.8. The summed E-state index contributed by atoms with van der Waals surface area (Å²) in [6.45, 7) is 5.43. The summed E-state index contributed by atoms with van der Waals surface area (Å²) < 4.78 is 24.3. The smallest absolute Gasteiger partial charge is 0.238 e. The molecule has 0 unspecified atom stereocenters. The van der Waals surface area contributed by atoms with E-state index in [9.17, 15) is 8.42 Å². The van der Waals surface area contributed by atoms with Crippen LogP contribution < -0.4 is 15.8 Å². The number of hydrogen-bond acceptors (Lipinski definition) is 4. The molecule has 1 aromatic heterocycles. The van der Waals surface area contributed by atoms with Gasteiger partial charge >= 0.3 is 0 Å². The molecule has 0 saturated heterocycles. The van der Waals surface area contributed by atoms with Gasteiger partial charge in [-0.25, -0.2) is 13.6 Å². The van der Waals surface area contributed by atoms with Crippen LogP contribution in [0, 0.1) is 6.92 Å². The number of primary sulfonamides is 1. The van der Waals surface area contributed by atoms with Gasteiger partial charge in [0.2, 0.25) is 10.0 Å². The van der Waals surface area contributed by atoms with Gasteiger partial charge in [0.05, 0.1) is 11.1 Å². The van der Waals surface area contributed by atoms with Crippen LogP contribution in [0.25, 0.3) is 0 Å². The van der Waals surface area contributed by atoms with Crippen molar-refractivity contribution in [3.8, 4) is 0 Å². The van der Waals surface area contributed by atoms with Gasteiger partial charge in [-0.15, -0.1) is 0 Å². The molecule has 9 heteroatoms. The molecule has 0 saturated carbocycles. The lowest BCUT2D eigenvalue weighted by molar-refractivity contribution is 0.598. The molecule has 0 spiro atoms. The molecule has 124 valence electrons. The highest BCUT2D eigenvalue weighted by Crippen LogP contribution is 2.13. The summed E-state index contributed by atoms with van der Waals surface area (Å²) in [6, 6.07) is 6.06. The molecule has 0 radical (unpaired) electrons. The molecule has 0 bridgehead atoms. The summed E-state index contributed by atoms with van der Waals surface area (Å²) >= 11 is 5.23. The largest absolute Gasteiger partial charge is 0.358 e. The molecule has 0 amide bonds. The highest BCUT2D eigenvalue weighted by atomic mass is 32.2. The number of nitrogens with two attached hydrogens (primary N) is 1. The number of thiocarbonyl (C=S) groups is 1. The molecule has 0 aliphatic carbocycles. The lowest BCUT2D eigenvalue weighted by Crippen LogP contribution is -2.28. The Labute approximate surface area is 140 Å². The monoisotopic (exact) mass is 353 g/mol. The van der Waals surface area contributed by atoms with E-state index in [2.05, 4.69) is 15.7 Å². The number of sulfonamides is 1. The minimum atomic E-state index is -3.68. The van der Waals surface area contributed by atoms with Crippen LogP contribution in [0.1, 0.15) is 18.2 Å². The number of aryl methyl sites for hydroxylation is 1. The summed E-state index contributed by atoms with van der Waals surface area (Å²) in [5.74, 6) is 0. The van der Waals surface area contributed by atoms with E-state index >= 15 is 0 Å². The third kappa shape index (κ3) is 4.50. The number of aromatic nitrogens is 2. The van der Waals surface area contributed by atoms with Crippen LogP contribution >= 0.6 is 12.2 Å². The van der Waals surface area contributed by atoms with Gasteiger partial charge in [-0.2, -0.15) is 5.10 Å². The van der Waals surface area contributed by atoms with Gasteiger partial charge in [-0.05, 0) is 50.3 Å². The van der Waals surface area contributed by atoms with Crippen molar-refractivity contribution < 1.29 is 8.42 Å². The minimum absolute atomic E-state index is 0.0598. The number of nitrogens with zero attached hydrogens (tertiary/aromatic N) is 2. The molecule has 23 heavy (non-hydrogen) atoms. The van der Waals surface area contributed by atoms with E-state index in [-0.39, 0.29) is 4.90 Å². The fourth-order valence-electron chi connectivity index (χ4n) is 2.06. The van der Waals surface area contributed by atoms with Gasteiger partial charge in [0.15, 0.2) is 5.11 Å². The highest BCUT2D eigenvalue weighted by Gasteiger charge is 2.08. The van der Waals surface area contributed by atoms with Crippen molar-refractivity contribution in [1.29, 1.82) is 0 Å². The summed E-state index contributed by atoms with van der Waals surface area (Å²) in [5.41, 5.74) is 2.84. The summed E-state index contributed by atoms with van der Waals surface area (Å²) in [6.07, 6.45) is 1.81. The Balaban J connectivity index is 1.93. The predicted octanol–water partition coefficient (Wildman–Crippen LogP) is 1.35. The Morgan fingerprint density at radius 1 is 1.35 bits per heavy atom. The summed E-state index contributed by atoms with van der Waals surface area (Å²) in [4.78, 5) is 0.0598. The van der Waals surface area contributed by atoms with Crippen LogP contribution in [0.4, 0.5) is 5.69 Å². The number of nitrogens with one attached hydrogen (secondary N) is 2. The third-order valence-electron chi connectivity index (χ3n) is 3.38. The van der Waals surface area contributed by atoms with Crippen molar-refractivity contribution in [2.45, 2.75) is 31.8 Å². The zero-order valence-corrected chi connectivity index (χ0v) is 14.5. The number of anilines is 1. The average molecular weight is 353 g/mol. The van der Waals surface area contributed by atoms with E-state index in [1.54, 1.807) is 12.1 Å². The van der Waals surface area contributed by atoms with Crippen LogP contribution in [-0.2, 0) is 23.1 Å². The Morgan fingerprint density at radius 2 is 2.00 bits per heavy atom. The lowest BCUT2D eigenvalue weighted by Gasteiger charge is -2.11. The van der Waals surface area contributed by atoms with Gasteiger partial charge < -0.3 is 10.6 Å². The fraction of sp³-hybridized carbons (Fsp3) is 0.286. The molecule has 4 N–H and O–H groups in total. The maximum absolute atomic E-state index is 11.2. The van der Waals surface area contributed by atoms with Crippen molar-refractivity contribution in [2.75, 3.05) is 5.32 Å². The zero-order chi connectivity index (χ0) is 17.0. The van der Waals surface area contributed by atoms with Gasteiger partial charge in [0.25, 0.3) is 0 Å². The Bertz CT molecular complexity index is 797. The van der Waals surface area contributed by atoms with Gasteiger partial charge in [0, 0.05) is 30.0 Å². The molecule has 2 rings (SSSR count). The van der Waals surface area contributed by atoms with Crippen molar-refractivity contribution in [3.05, 3.63) is 41.7 Å². The normalized spacial score (nSPS) is 11.3. The first-order valence-corrected chi connectivity index (χ1v) is 8.95. The molecular formula is C14H19N5O2S2. The van der Waals surface area contributed by atoms with Gasteiger partial charge in [-0.1, -0.05) is 0 Å². The van der Waals surface area contributed by atoms with E-state index < -0.39 is 10.0 Å². The standard InChI is InChI=1S/C14H19N5O2S2/c1-3-19-10(2)11(9-17-19)8-16-14(22)18-12-4-6-13(7-5-12)23(15,20)21/h4-7,9H,3,8H2,1-2H3,(H2,15,20,21)(H2,16,18,22). The fourth-order valence-corrected chi connectivity index (χ4v) is 2.76. The Kier molecular flexibility index (Phi) is 5.34. The second-order valence-corrected chi connectivity index (χ2v) is 6.92. The average Bonchev–Trinajstić information content (AvgIpc) is 2.85. The van der Waals surface area contributed by atoms with E-state index in [0.717, 1.165) is 17.8 Å². The molecule has 0 aliphatic heterocycles. The predicted molar refractivity (Wildman–Crippen MR) is 93.5 cm³/mol. The number of benzene rings is 1. The van der Waals surface area contributed by atoms with Crippen LogP contribution in [-0.4, -0.2) is 23.3 Å². The number of rotatable bonds is 5. The van der Waals surface area contributed by atoms with Gasteiger partial charge in [0.1, 0.15) is 0 Å². The van der Waals surface area contributed by atoms with Crippen LogP contribution in [0.3, 0.4) is 0 Å². The van der Waals surface area contributed by atoms with Crippen LogP contribution in [0.2, 0.25) is 0 Å². The summed E-state index contributed by atoms with van der Waals surface area (Å²) in [5, 5.41) is 15.9. The maximum atomic E-state index is 11.2. The Hall–Kier alpha value is -1.97. The molecule has 0 fully saturated rings. The SMILES string of the molecule is CCn1ncc(CNC(=S)Nc2ccc(S(N)(=O)=O)cc2)c1C. The molecule has 0 atom stereocenters. The number of hydrogen-bond donors (Lipinski definition) is 3. The van der Waals surface area contributed by atoms with E-state index in [0.29, 0.717) is 17.3 Å². The molecule has 2 aromatic rings. The van der Waals surface area contributed by atoms with Crippen molar-refractivity contribution in [2.24, 2.45) is 5.14 Å². The highest BCUT2D eigenvalue weighted by molar-refractivity contribution is 7.89. The van der Waals surface area contributed by atoms with Crippen molar-refractivity contribution >= 4 is 33.0 Å². The summed E-state index contributed by atoms with van der Waals surface area (Å²) in [7, 11) is -3.68. The second kappa shape index (κ2) is 7.07. The topological polar surface area (TPSA) is 102 Å². The van der Waals surface area contributed by atoms with E-state index in [4.69, 9.17) is 17.4 Å². The maximum Gasteiger partial charge on any atom is 0.238 e. The lowest BCUT2D eigenvalue weighted by atomic mass is 10.2. The molecule has 1 heterocycles. The van der Waals surface area contributed by atoms with Crippen molar-refractivity contribution in [3.63, 3.8) is 0 Å². The van der Waals surface area contributed by atoms with Crippen molar-refractivity contribution in [1.82, 2.24) is 15.1 Å². The quantitative estimate of drug-likeness (QED) is 0.701. The van der Waals surface area contributed by atoms with Crippen LogP contribution in [0.5, 0.6) is 0 Å². The third-order valence-corrected chi connectivity index (χ3v) is 4.56. The molecule has 1 aromatic carbocycles. The molecular weight excluding hydrogens is 334 g/mol. The van der Waals surface area contributed by atoms with Crippen LogP contribution in [0.15, 0.2) is 35.4 Å². The Morgan fingerprint density at radius 3 is 2.52 bits per heavy atom. The van der Waals surface area contributed by atoms with E-state index in [1.165, 1.54) is 12.1 Å². The second-order valence-electron chi connectivity index (χ2n) is 4.95.